The zero-order valence-corrected chi connectivity index (χ0v) is 11.1. The molecular weight excluding hydrogens is 253 g/mol. The SMILES string of the molecule is CCNC(C1=COCCC1)c1ccc(F)cc1Cl. The van der Waals surface area contributed by atoms with Gasteiger partial charge in [-0.1, -0.05) is 24.6 Å². The summed E-state index contributed by atoms with van der Waals surface area (Å²) in [4.78, 5) is 0. The lowest BCUT2D eigenvalue weighted by molar-refractivity contribution is 0.219. The van der Waals surface area contributed by atoms with Crippen molar-refractivity contribution in [3.05, 3.63) is 46.4 Å². The molecule has 1 aliphatic rings. The summed E-state index contributed by atoms with van der Waals surface area (Å²) in [6, 6.07) is 4.53. The number of likely N-dealkylation sites (N-methyl/N-ethyl adjacent to an activating group) is 1. The Labute approximate surface area is 112 Å². The molecule has 0 fully saturated rings. The molecule has 1 unspecified atom stereocenters. The van der Waals surface area contributed by atoms with E-state index in [0.29, 0.717) is 5.02 Å². The summed E-state index contributed by atoms with van der Waals surface area (Å²) in [6.45, 7) is 3.61. The Hall–Kier alpha value is -1.06. The second-order valence-electron chi connectivity index (χ2n) is 4.32. The van der Waals surface area contributed by atoms with Gasteiger partial charge >= 0.3 is 0 Å². The molecule has 0 aliphatic carbocycles. The number of benzene rings is 1. The molecule has 1 aromatic rings. The van der Waals surface area contributed by atoms with Crippen molar-refractivity contribution in [1.82, 2.24) is 5.32 Å². The van der Waals surface area contributed by atoms with Gasteiger partial charge in [-0.15, -0.1) is 0 Å². The monoisotopic (exact) mass is 269 g/mol. The van der Waals surface area contributed by atoms with Gasteiger partial charge < -0.3 is 10.1 Å². The lowest BCUT2D eigenvalue weighted by Crippen LogP contribution is -2.24. The molecule has 18 heavy (non-hydrogen) atoms. The minimum atomic E-state index is -0.312. The molecule has 2 nitrogen and oxygen atoms in total. The number of ether oxygens (including phenoxy) is 1. The number of rotatable bonds is 4. The van der Waals surface area contributed by atoms with Gasteiger partial charge in [-0.2, -0.15) is 0 Å². The standard InChI is InChI=1S/C14H17ClFNO/c1-2-17-14(10-4-3-7-18-9-10)12-6-5-11(16)8-13(12)15/h5-6,8-9,14,17H,2-4,7H2,1H3. The van der Waals surface area contributed by atoms with Crippen LogP contribution >= 0.6 is 11.6 Å². The van der Waals surface area contributed by atoms with E-state index in [1.165, 1.54) is 12.1 Å². The van der Waals surface area contributed by atoms with Crippen molar-refractivity contribution in [2.24, 2.45) is 0 Å². The normalized spacial score (nSPS) is 16.9. The molecule has 1 aliphatic heterocycles. The zero-order chi connectivity index (χ0) is 13.0. The van der Waals surface area contributed by atoms with E-state index >= 15 is 0 Å². The highest BCUT2D eigenvalue weighted by Crippen LogP contribution is 2.32. The van der Waals surface area contributed by atoms with Crippen molar-refractivity contribution < 1.29 is 9.13 Å². The fraction of sp³-hybridized carbons (Fsp3) is 0.429. The van der Waals surface area contributed by atoms with Crippen LogP contribution in [-0.4, -0.2) is 13.2 Å². The van der Waals surface area contributed by atoms with Crippen LogP contribution in [-0.2, 0) is 4.74 Å². The van der Waals surface area contributed by atoms with Gasteiger partial charge in [0.2, 0.25) is 0 Å². The number of halogens is 2. The van der Waals surface area contributed by atoms with E-state index < -0.39 is 0 Å². The second kappa shape index (κ2) is 6.21. The van der Waals surface area contributed by atoms with E-state index in [1.54, 1.807) is 12.3 Å². The predicted molar refractivity (Wildman–Crippen MR) is 71.1 cm³/mol. The van der Waals surface area contributed by atoms with Crippen LogP contribution in [0.15, 0.2) is 30.0 Å². The maximum Gasteiger partial charge on any atom is 0.124 e. The van der Waals surface area contributed by atoms with Gasteiger partial charge in [0.15, 0.2) is 0 Å². The molecule has 0 amide bonds. The summed E-state index contributed by atoms with van der Waals surface area (Å²) in [5.41, 5.74) is 2.06. The van der Waals surface area contributed by atoms with Crippen molar-refractivity contribution in [3.8, 4) is 0 Å². The number of hydrogen-bond donors (Lipinski definition) is 1. The molecular formula is C14H17ClFNO. The molecule has 1 aromatic carbocycles. The number of hydrogen-bond acceptors (Lipinski definition) is 2. The first-order valence-corrected chi connectivity index (χ1v) is 6.59. The fourth-order valence-corrected chi connectivity index (χ4v) is 2.45. The maximum absolute atomic E-state index is 13.1. The smallest absolute Gasteiger partial charge is 0.124 e. The Bertz CT molecular complexity index is 447. The highest BCUT2D eigenvalue weighted by Gasteiger charge is 2.20. The zero-order valence-electron chi connectivity index (χ0n) is 10.4. The topological polar surface area (TPSA) is 21.3 Å². The third-order valence-electron chi connectivity index (χ3n) is 3.01. The molecule has 2 rings (SSSR count). The number of nitrogens with one attached hydrogen (secondary N) is 1. The van der Waals surface area contributed by atoms with Gasteiger partial charge in [0, 0.05) is 5.02 Å². The van der Waals surface area contributed by atoms with Crippen LogP contribution in [0.25, 0.3) is 0 Å². The molecule has 0 spiro atoms. The largest absolute Gasteiger partial charge is 0.501 e. The summed E-state index contributed by atoms with van der Waals surface area (Å²) in [6.07, 6.45) is 3.79. The van der Waals surface area contributed by atoms with Crippen LogP contribution in [0.4, 0.5) is 4.39 Å². The first-order valence-electron chi connectivity index (χ1n) is 6.21. The van der Waals surface area contributed by atoms with Crippen LogP contribution in [0.5, 0.6) is 0 Å². The Kier molecular flexibility index (Phi) is 4.61. The Balaban J connectivity index is 2.31. The van der Waals surface area contributed by atoms with Crippen molar-refractivity contribution in [2.75, 3.05) is 13.2 Å². The van der Waals surface area contributed by atoms with Crippen LogP contribution in [0.3, 0.4) is 0 Å². The lowest BCUT2D eigenvalue weighted by Gasteiger charge is -2.25. The average Bonchev–Trinajstić information content (AvgIpc) is 2.38. The maximum atomic E-state index is 13.1. The fourth-order valence-electron chi connectivity index (χ4n) is 2.18. The minimum Gasteiger partial charge on any atom is -0.501 e. The Morgan fingerprint density at radius 2 is 2.33 bits per heavy atom. The summed E-state index contributed by atoms with van der Waals surface area (Å²) in [7, 11) is 0. The Morgan fingerprint density at radius 1 is 1.50 bits per heavy atom. The summed E-state index contributed by atoms with van der Waals surface area (Å²) in [5.74, 6) is -0.312. The molecule has 0 aromatic heterocycles. The predicted octanol–water partition coefficient (Wildman–Crippen LogP) is 3.82. The van der Waals surface area contributed by atoms with Gasteiger partial charge in [-0.05, 0) is 42.7 Å². The van der Waals surface area contributed by atoms with Crippen LogP contribution in [0.1, 0.15) is 31.4 Å². The van der Waals surface area contributed by atoms with Gasteiger partial charge in [-0.25, -0.2) is 4.39 Å². The average molecular weight is 270 g/mol. The molecule has 98 valence electrons. The van der Waals surface area contributed by atoms with Crippen molar-refractivity contribution in [2.45, 2.75) is 25.8 Å². The van der Waals surface area contributed by atoms with E-state index in [1.807, 2.05) is 6.92 Å². The summed E-state index contributed by atoms with van der Waals surface area (Å²) in [5, 5.41) is 3.83. The molecule has 1 heterocycles. The second-order valence-corrected chi connectivity index (χ2v) is 4.73. The van der Waals surface area contributed by atoms with Crippen molar-refractivity contribution in [1.29, 1.82) is 0 Å². The quantitative estimate of drug-likeness (QED) is 0.897. The van der Waals surface area contributed by atoms with Crippen molar-refractivity contribution in [3.63, 3.8) is 0 Å². The third-order valence-corrected chi connectivity index (χ3v) is 3.34. The van der Waals surface area contributed by atoms with Gasteiger partial charge in [-0.3, -0.25) is 0 Å². The molecule has 1 N–H and O–H groups in total. The molecule has 1 atom stereocenters. The summed E-state index contributed by atoms with van der Waals surface area (Å²) >= 11 is 6.13. The van der Waals surface area contributed by atoms with Gasteiger partial charge in [0.25, 0.3) is 0 Å². The van der Waals surface area contributed by atoms with Crippen molar-refractivity contribution >= 4 is 11.6 Å². The van der Waals surface area contributed by atoms with E-state index in [9.17, 15) is 4.39 Å². The highest BCUT2D eigenvalue weighted by molar-refractivity contribution is 6.31. The molecule has 0 saturated heterocycles. The third kappa shape index (κ3) is 3.03. The lowest BCUT2D eigenvalue weighted by atomic mass is 9.95. The first kappa shape index (κ1) is 13.4. The molecule has 4 heteroatoms. The van der Waals surface area contributed by atoms with Gasteiger partial charge in [0.1, 0.15) is 5.82 Å². The van der Waals surface area contributed by atoms with Crippen LogP contribution in [0, 0.1) is 5.82 Å². The highest BCUT2D eigenvalue weighted by atomic mass is 35.5. The van der Waals surface area contributed by atoms with Crippen LogP contribution in [0.2, 0.25) is 5.02 Å². The van der Waals surface area contributed by atoms with Gasteiger partial charge in [0.05, 0.1) is 18.9 Å². The Morgan fingerprint density at radius 3 is 2.94 bits per heavy atom. The van der Waals surface area contributed by atoms with E-state index in [4.69, 9.17) is 16.3 Å². The summed E-state index contributed by atoms with van der Waals surface area (Å²) < 4.78 is 18.5. The molecule has 0 saturated carbocycles. The van der Waals surface area contributed by atoms with Crippen LogP contribution < -0.4 is 5.32 Å². The minimum absolute atomic E-state index is 0.00315. The molecule has 0 bridgehead atoms. The van der Waals surface area contributed by atoms with E-state index in [-0.39, 0.29) is 11.9 Å². The first-order chi connectivity index (χ1) is 8.72. The van der Waals surface area contributed by atoms with E-state index in [2.05, 4.69) is 5.32 Å². The van der Waals surface area contributed by atoms with E-state index in [0.717, 1.165) is 37.1 Å². The molecule has 0 radical (unpaired) electrons.